The van der Waals surface area contributed by atoms with Crippen molar-refractivity contribution in [3.8, 4) is 0 Å². The predicted molar refractivity (Wildman–Crippen MR) is 85.8 cm³/mol. The van der Waals surface area contributed by atoms with Gasteiger partial charge < -0.3 is 5.32 Å². The smallest absolute Gasteiger partial charge is 0.124 e. The van der Waals surface area contributed by atoms with Crippen LogP contribution in [0.2, 0.25) is 5.02 Å². The van der Waals surface area contributed by atoms with Crippen LogP contribution >= 0.6 is 27.5 Å². The number of halogens is 3. The maximum Gasteiger partial charge on any atom is 0.124 e. The molecule has 1 atom stereocenters. The van der Waals surface area contributed by atoms with Crippen LogP contribution in [0, 0.1) is 12.7 Å². The summed E-state index contributed by atoms with van der Waals surface area (Å²) in [5.74, 6) is -0.307. The minimum absolute atomic E-state index is 0.133. The molecule has 0 aliphatic rings. The second-order valence-electron chi connectivity index (χ2n) is 4.84. The highest BCUT2D eigenvalue weighted by Crippen LogP contribution is 2.26. The Balaban J connectivity index is 2.28. The van der Waals surface area contributed by atoms with E-state index in [1.54, 1.807) is 6.07 Å². The van der Waals surface area contributed by atoms with Crippen LogP contribution in [0.1, 0.15) is 22.7 Å². The molecule has 4 heteroatoms. The zero-order valence-corrected chi connectivity index (χ0v) is 13.7. The average molecular weight is 357 g/mol. The van der Waals surface area contributed by atoms with Crippen molar-refractivity contribution in [1.29, 1.82) is 0 Å². The number of rotatable bonds is 4. The number of likely N-dealkylation sites (N-methyl/N-ethyl adjacent to an activating group) is 1. The van der Waals surface area contributed by atoms with Crippen LogP contribution in [0.3, 0.4) is 0 Å². The first-order chi connectivity index (χ1) is 9.49. The van der Waals surface area contributed by atoms with Crippen LogP contribution in [-0.4, -0.2) is 7.05 Å². The minimum atomic E-state index is -0.307. The molecule has 0 saturated carbocycles. The highest BCUT2D eigenvalue weighted by molar-refractivity contribution is 9.10. The summed E-state index contributed by atoms with van der Waals surface area (Å²) in [6.07, 6.45) is 0.714. The van der Waals surface area contributed by atoms with Gasteiger partial charge in [0.1, 0.15) is 5.82 Å². The van der Waals surface area contributed by atoms with Gasteiger partial charge in [0.25, 0.3) is 0 Å². The molecule has 1 N–H and O–H groups in total. The van der Waals surface area contributed by atoms with Crippen LogP contribution in [0.4, 0.5) is 4.39 Å². The summed E-state index contributed by atoms with van der Waals surface area (Å²) >= 11 is 9.62. The standard InChI is InChI=1S/C16H16BrClFN/c1-10-5-12(7-13(17)6-10)16(20-2)8-11-3-4-14(19)9-15(11)18/h3-7,9,16,20H,8H2,1-2H3. The molecule has 106 valence electrons. The topological polar surface area (TPSA) is 12.0 Å². The summed E-state index contributed by atoms with van der Waals surface area (Å²) in [5, 5.41) is 3.76. The molecule has 0 aliphatic heterocycles. The lowest BCUT2D eigenvalue weighted by Crippen LogP contribution is -2.19. The lowest BCUT2D eigenvalue weighted by atomic mass is 9.97. The van der Waals surface area contributed by atoms with Gasteiger partial charge in [0.15, 0.2) is 0 Å². The molecule has 1 nitrogen and oxygen atoms in total. The van der Waals surface area contributed by atoms with Gasteiger partial charge in [0.2, 0.25) is 0 Å². The van der Waals surface area contributed by atoms with E-state index in [1.807, 2.05) is 7.05 Å². The Morgan fingerprint density at radius 2 is 2.00 bits per heavy atom. The molecule has 0 heterocycles. The molecule has 0 radical (unpaired) electrons. The van der Waals surface area contributed by atoms with Crippen LogP contribution in [0.5, 0.6) is 0 Å². The SMILES string of the molecule is CNC(Cc1ccc(F)cc1Cl)c1cc(C)cc(Br)c1. The van der Waals surface area contributed by atoms with Crippen LogP contribution in [0.25, 0.3) is 0 Å². The van der Waals surface area contributed by atoms with Crippen molar-refractivity contribution in [1.82, 2.24) is 5.32 Å². The fourth-order valence-electron chi connectivity index (χ4n) is 2.26. The van der Waals surface area contributed by atoms with Gasteiger partial charge in [0, 0.05) is 15.5 Å². The summed E-state index contributed by atoms with van der Waals surface area (Å²) < 4.78 is 14.1. The van der Waals surface area contributed by atoms with Gasteiger partial charge in [0.05, 0.1) is 0 Å². The fraction of sp³-hybridized carbons (Fsp3) is 0.250. The predicted octanol–water partition coefficient (Wildman–Crippen LogP) is 5.05. The molecule has 0 saturated heterocycles. The van der Waals surface area contributed by atoms with E-state index in [2.05, 4.69) is 46.4 Å². The van der Waals surface area contributed by atoms with E-state index in [0.717, 1.165) is 10.0 Å². The first kappa shape index (κ1) is 15.5. The van der Waals surface area contributed by atoms with Crippen molar-refractivity contribution >= 4 is 27.5 Å². The first-order valence-corrected chi connectivity index (χ1v) is 7.55. The van der Waals surface area contributed by atoms with Crippen LogP contribution in [-0.2, 0) is 6.42 Å². The summed E-state index contributed by atoms with van der Waals surface area (Å²) in [7, 11) is 1.92. The third-order valence-electron chi connectivity index (χ3n) is 3.25. The van der Waals surface area contributed by atoms with Gasteiger partial charge in [-0.15, -0.1) is 0 Å². The highest BCUT2D eigenvalue weighted by Gasteiger charge is 2.13. The molecule has 0 fully saturated rings. The van der Waals surface area contributed by atoms with E-state index in [9.17, 15) is 4.39 Å². The molecular weight excluding hydrogens is 341 g/mol. The third-order valence-corrected chi connectivity index (χ3v) is 4.06. The summed E-state index contributed by atoms with van der Waals surface area (Å²) in [4.78, 5) is 0. The maximum atomic E-state index is 13.1. The largest absolute Gasteiger partial charge is 0.313 e. The second kappa shape index (κ2) is 6.70. The quantitative estimate of drug-likeness (QED) is 0.808. The summed E-state index contributed by atoms with van der Waals surface area (Å²) in [6.45, 7) is 2.06. The molecule has 0 aromatic heterocycles. The van der Waals surface area contributed by atoms with E-state index in [-0.39, 0.29) is 11.9 Å². The number of benzene rings is 2. The van der Waals surface area contributed by atoms with Crippen molar-refractivity contribution < 1.29 is 4.39 Å². The van der Waals surface area contributed by atoms with Crippen LogP contribution in [0.15, 0.2) is 40.9 Å². The van der Waals surface area contributed by atoms with Crippen molar-refractivity contribution in [3.63, 3.8) is 0 Å². The Morgan fingerprint density at radius 1 is 1.25 bits per heavy atom. The summed E-state index contributed by atoms with van der Waals surface area (Å²) in [5.41, 5.74) is 3.31. The summed E-state index contributed by atoms with van der Waals surface area (Å²) in [6, 6.07) is 11.0. The molecule has 20 heavy (non-hydrogen) atoms. The number of hydrogen-bond acceptors (Lipinski definition) is 1. The molecule has 2 aromatic rings. The van der Waals surface area contributed by atoms with E-state index >= 15 is 0 Å². The van der Waals surface area contributed by atoms with Gasteiger partial charge in [-0.25, -0.2) is 4.39 Å². The Labute approximate surface area is 132 Å². The highest BCUT2D eigenvalue weighted by atomic mass is 79.9. The van der Waals surface area contributed by atoms with E-state index in [4.69, 9.17) is 11.6 Å². The van der Waals surface area contributed by atoms with Crippen molar-refractivity contribution in [2.45, 2.75) is 19.4 Å². The molecule has 0 amide bonds. The Bertz CT molecular complexity index is 595. The van der Waals surface area contributed by atoms with Crippen molar-refractivity contribution in [2.24, 2.45) is 0 Å². The first-order valence-electron chi connectivity index (χ1n) is 6.38. The number of aryl methyl sites for hydroxylation is 1. The third kappa shape index (κ3) is 3.81. The monoisotopic (exact) mass is 355 g/mol. The van der Waals surface area contributed by atoms with E-state index in [1.165, 1.54) is 23.3 Å². The Kier molecular flexibility index (Phi) is 5.19. The Morgan fingerprint density at radius 3 is 2.60 bits per heavy atom. The normalized spacial score (nSPS) is 12.4. The number of hydrogen-bond donors (Lipinski definition) is 1. The lowest BCUT2D eigenvalue weighted by Gasteiger charge is -2.18. The minimum Gasteiger partial charge on any atom is -0.313 e. The van der Waals surface area contributed by atoms with Crippen LogP contribution < -0.4 is 5.32 Å². The second-order valence-corrected chi connectivity index (χ2v) is 6.17. The molecule has 2 aromatic carbocycles. The van der Waals surface area contributed by atoms with Gasteiger partial charge in [-0.05, 0) is 61.3 Å². The van der Waals surface area contributed by atoms with Crippen molar-refractivity contribution in [3.05, 3.63) is 68.4 Å². The number of nitrogens with one attached hydrogen (secondary N) is 1. The zero-order valence-electron chi connectivity index (χ0n) is 11.4. The molecule has 2 rings (SSSR count). The zero-order chi connectivity index (χ0) is 14.7. The molecule has 1 unspecified atom stereocenters. The van der Waals surface area contributed by atoms with Gasteiger partial charge in [-0.1, -0.05) is 39.7 Å². The molecule has 0 bridgehead atoms. The van der Waals surface area contributed by atoms with Crippen molar-refractivity contribution in [2.75, 3.05) is 7.05 Å². The van der Waals surface area contributed by atoms with Gasteiger partial charge in [-0.3, -0.25) is 0 Å². The van der Waals surface area contributed by atoms with E-state index < -0.39 is 0 Å². The molecule has 0 aliphatic carbocycles. The molecular formula is C16H16BrClFN. The molecule has 0 spiro atoms. The fourth-order valence-corrected chi connectivity index (χ4v) is 3.13. The maximum absolute atomic E-state index is 13.1. The Hall–Kier alpha value is -0.900. The van der Waals surface area contributed by atoms with E-state index in [0.29, 0.717) is 11.4 Å². The van der Waals surface area contributed by atoms with Gasteiger partial charge >= 0.3 is 0 Å². The lowest BCUT2D eigenvalue weighted by molar-refractivity contribution is 0.588. The average Bonchev–Trinajstić information content (AvgIpc) is 2.36. The van der Waals surface area contributed by atoms with Gasteiger partial charge in [-0.2, -0.15) is 0 Å².